The summed E-state index contributed by atoms with van der Waals surface area (Å²) in [4.78, 5) is 19.0. The lowest BCUT2D eigenvalue weighted by atomic mass is 10.2. The number of benzene rings is 2. The summed E-state index contributed by atoms with van der Waals surface area (Å²) < 4.78 is 0. The molecule has 0 saturated carbocycles. The van der Waals surface area contributed by atoms with Crippen molar-refractivity contribution in [2.75, 3.05) is 13.1 Å². The van der Waals surface area contributed by atoms with Gasteiger partial charge < -0.3 is 10.2 Å². The SMILES string of the molecule is O=C(NCc1ccccc1)NC(=Nc1ccccc1)N1CCCC1. The van der Waals surface area contributed by atoms with Gasteiger partial charge >= 0.3 is 6.03 Å². The van der Waals surface area contributed by atoms with E-state index in [1.165, 1.54) is 0 Å². The molecule has 1 fully saturated rings. The van der Waals surface area contributed by atoms with E-state index in [2.05, 4.69) is 20.5 Å². The van der Waals surface area contributed by atoms with Crippen molar-refractivity contribution >= 4 is 17.7 Å². The Morgan fingerprint density at radius 3 is 2.25 bits per heavy atom. The normalized spacial score (nSPS) is 14.5. The van der Waals surface area contributed by atoms with E-state index in [1.54, 1.807) is 0 Å². The van der Waals surface area contributed by atoms with Crippen molar-refractivity contribution in [2.24, 2.45) is 4.99 Å². The monoisotopic (exact) mass is 322 g/mol. The number of carbonyl (C=O) groups excluding carboxylic acids is 1. The first-order chi connectivity index (χ1) is 11.8. The molecule has 0 radical (unpaired) electrons. The first kappa shape index (κ1) is 16.1. The summed E-state index contributed by atoms with van der Waals surface area (Å²) in [6.45, 7) is 2.33. The van der Waals surface area contributed by atoms with Gasteiger partial charge in [-0.2, -0.15) is 0 Å². The van der Waals surface area contributed by atoms with Crippen molar-refractivity contribution in [2.45, 2.75) is 19.4 Å². The van der Waals surface area contributed by atoms with Crippen molar-refractivity contribution in [1.82, 2.24) is 15.5 Å². The van der Waals surface area contributed by atoms with Gasteiger partial charge in [0.15, 0.2) is 0 Å². The van der Waals surface area contributed by atoms with Gasteiger partial charge in [0.2, 0.25) is 5.96 Å². The Bertz CT molecular complexity index is 679. The van der Waals surface area contributed by atoms with Crippen LogP contribution < -0.4 is 10.6 Å². The van der Waals surface area contributed by atoms with Crippen LogP contribution in [0.25, 0.3) is 0 Å². The second-order valence-electron chi connectivity index (χ2n) is 5.76. The summed E-state index contributed by atoms with van der Waals surface area (Å²) in [6.07, 6.45) is 2.25. The molecule has 0 aliphatic carbocycles. The molecule has 3 rings (SSSR count). The van der Waals surface area contributed by atoms with E-state index in [0.29, 0.717) is 12.5 Å². The maximum absolute atomic E-state index is 12.2. The molecular weight excluding hydrogens is 300 g/mol. The van der Waals surface area contributed by atoms with Crippen LogP contribution in [0.2, 0.25) is 0 Å². The molecule has 0 unspecified atom stereocenters. The Labute approximate surface area is 142 Å². The van der Waals surface area contributed by atoms with E-state index in [0.717, 1.165) is 37.2 Å². The van der Waals surface area contributed by atoms with Crippen LogP contribution in [0.4, 0.5) is 10.5 Å². The molecule has 1 heterocycles. The van der Waals surface area contributed by atoms with Crippen LogP contribution in [0.1, 0.15) is 18.4 Å². The molecule has 0 aromatic heterocycles. The maximum atomic E-state index is 12.2. The average molecular weight is 322 g/mol. The molecule has 0 spiro atoms. The quantitative estimate of drug-likeness (QED) is 0.673. The summed E-state index contributed by atoms with van der Waals surface area (Å²) in [5.74, 6) is 0.615. The Kier molecular flexibility index (Phi) is 5.45. The molecular formula is C19H22N4O. The van der Waals surface area contributed by atoms with Crippen molar-refractivity contribution in [1.29, 1.82) is 0 Å². The van der Waals surface area contributed by atoms with E-state index in [1.807, 2.05) is 60.7 Å². The number of amides is 2. The van der Waals surface area contributed by atoms with Crippen LogP contribution in [-0.4, -0.2) is 30.0 Å². The van der Waals surface area contributed by atoms with Crippen LogP contribution in [0.5, 0.6) is 0 Å². The number of aliphatic imine (C=N–C) groups is 1. The van der Waals surface area contributed by atoms with Crippen molar-refractivity contribution in [3.63, 3.8) is 0 Å². The molecule has 0 atom stereocenters. The van der Waals surface area contributed by atoms with E-state index in [9.17, 15) is 4.79 Å². The lowest BCUT2D eigenvalue weighted by Gasteiger charge is -2.20. The highest BCUT2D eigenvalue weighted by molar-refractivity contribution is 5.97. The van der Waals surface area contributed by atoms with Crippen LogP contribution in [0, 0.1) is 0 Å². The Balaban J connectivity index is 1.65. The zero-order chi connectivity index (χ0) is 16.6. The minimum Gasteiger partial charge on any atom is -0.342 e. The van der Waals surface area contributed by atoms with E-state index >= 15 is 0 Å². The fourth-order valence-electron chi connectivity index (χ4n) is 2.66. The zero-order valence-electron chi connectivity index (χ0n) is 13.6. The van der Waals surface area contributed by atoms with Gasteiger partial charge in [0.1, 0.15) is 0 Å². The maximum Gasteiger partial charge on any atom is 0.321 e. The van der Waals surface area contributed by atoms with Gasteiger partial charge in [-0.15, -0.1) is 0 Å². The standard InChI is InChI=1S/C19H22N4O/c24-19(20-15-16-9-3-1-4-10-16)22-18(23-13-7-8-14-23)21-17-11-5-2-6-12-17/h1-6,9-12H,7-8,13-15H2,(H2,20,21,22,24). The number of urea groups is 1. The van der Waals surface area contributed by atoms with Gasteiger partial charge in [0.25, 0.3) is 0 Å². The third-order valence-corrected chi connectivity index (χ3v) is 3.92. The van der Waals surface area contributed by atoms with Gasteiger partial charge in [-0.1, -0.05) is 48.5 Å². The van der Waals surface area contributed by atoms with Gasteiger partial charge in [-0.3, -0.25) is 5.32 Å². The average Bonchev–Trinajstić information content (AvgIpc) is 3.16. The molecule has 2 N–H and O–H groups in total. The molecule has 124 valence electrons. The number of nitrogens with zero attached hydrogens (tertiary/aromatic N) is 2. The van der Waals surface area contributed by atoms with E-state index in [-0.39, 0.29) is 6.03 Å². The summed E-state index contributed by atoms with van der Waals surface area (Å²) in [5, 5.41) is 5.78. The molecule has 5 heteroatoms. The van der Waals surface area contributed by atoms with Crippen LogP contribution in [0.3, 0.4) is 0 Å². The summed E-state index contributed by atoms with van der Waals surface area (Å²) in [6, 6.07) is 19.3. The second-order valence-corrected chi connectivity index (χ2v) is 5.76. The Hall–Kier alpha value is -2.82. The van der Waals surface area contributed by atoms with Gasteiger partial charge in [-0.05, 0) is 30.5 Å². The molecule has 1 aliphatic rings. The molecule has 0 bridgehead atoms. The number of carbonyl (C=O) groups is 1. The molecule has 24 heavy (non-hydrogen) atoms. The first-order valence-corrected chi connectivity index (χ1v) is 8.29. The number of nitrogens with one attached hydrogen (secondary N) is 2. The number of likely N-dealkylation sites (tertiary alicyclic amines) is 1. The number of hydrogen-bond donors (Lipinski definition) is 2. The molecule has 1 aliphatic heterocycles. The Morgan fingerprint density at radius 2 is 1.58 bits per heavy atom. The second kappa shape index (κ2) is 8.15. The minimum atomic E-state index is -0.236. The topological polar surface area (TPSA) is 56.7 Å². The lowest BCUT2D eigenvalue weighted by molar-refractivity contribution is 0.243. The zero-order valence-corrected chi connectivity index (χ0v) is 13.6. The largest absolute Gasteiger partial charge is 0.342 e. The molecule has 1 saturated heterocycles. The van der Waals surface area contributed by atoms with E-state index < -0.39 is 0 Å². The molecule has 2 aromatic carbocycles. The lowest BCUT2D eigenvalue weighted by Crippen LogP contribution is -2.46. The van der Waals surface area contributed by atoms with Crippen LogP contribution in [-0.2, 0) is 6.54 Å². The predicted molar refractivity (Wildman–Crippen MR) is 96.2 cm³/mol. The van der Waals surface area contributed by atoms with Crippen molar-refractivity contribution in [3.8, 4) is 0 Å². The number of hydrogen-bond acceptors (Lipinski definition) is 2. The minimum absolute atomic E-state index is 0.236. The first-order valence-electron chi connectivity index (χ1n) is 8.29. The number of guanidine groups is 1. The smallest absolute Gasteiger partial charge is 0.321 e. The third-order valence-electron chi connectivity index (χ3n) is 3.92. The summed E-state index contributed by atoms with van der Waals surface area (Å²) >= 11 is 0. The van der Waals surface area contributed by atoms with Crippen molar-refractivity contribution < 1.29 is 4.79 Å². The molecule has 2 amide bonds. The Morgan fingerprint density at radius 1 is 0.958 bits per heavy atom. The van der Waals surface area contributed by atoms with Gasteiger partial charge in [0, 0.05) is 19.6 Å². The van der Waals surface area contributed by atoms with E-state index in [4.69, 9.17) is 0 Å². The third kappa shape index (κ3) is 4.59. The highest BCUT2D eigenvalue weighted by atomic mass is 16.2. The van der Waals surface area contributed by atoms with Crippen LogP contribution >= 0.6 is 0 Å². The highest BCUT2D eigenvalue weighted by Gasteiger charge is 2.18. The fourth-order valence-corrected chi connectivity index (χ4v) is 2.66. The number of para-hydroxylation sites is 1. The molecule has 2 aromatic rings. The predicted octanol–water partition coefficient (Wildman–Crippen LogP) is 3.27. The van der Waals surface area contributed by atoms with Gasteiger partial charge in [-0.25, -0.2) is 9.79 Å². The number of rotatable bonds is 3. The van der Waals surface area contributed by atoms with Gasteiger partial charge in [0.05, 0.1) is 5.69 Å². The molecule has 5 nitrogen and oxygen atoms in total. The van der Waals surface area contributed by atoms with Crippen molar-refractivity contribution in [3.05, 3.63) is 66.2 Å². The summed E-state index contributed by atoms with van der Waals surface area (Å²) in [7, 11) is 0. The highest BCUT2D eigenvalue weighted by Crippen LogP contribution is 2.14. The van der Waals surface area contributed by atoms with Crippen LogP contribution in [0.15, 0.2) is 65.7 Å². The fraction of sp³-hybridized carbons (Fsp3) is 0.263. The summed E-state index contributed by atoms with van der Waals surface area (Å²) in [5.41, 5.74) is 1.90.